The Morgan fingerprint density at radius 3 is 2.50 bits per heavy atom. The van der Waals surface area contributed by atoms with Crippen LogP contribution in [-0.2, 0) is 0 Å². The van der Waals surface area contributed by atoms with Gasteiger partial charge in [-0.25, -0.2) is 4.99 Å². The fourth-order valence-electron chi connectivity index (χ4n) is 0.782. The molecule has 1 atom stereocenters. The monoisotopic (exact) mass is 170 g/mol. The van der Waals surface area contributed by atoms with E-state index in [-0.39, 0.29) is 6.17 Å². The van der Waals surface area contributed by atoms with Crippen molar-refractivity contribution in [1.29, 1.82) is 0 Å². The fourth-order valence-corrected chi connectivity index (χ4v) is 0.782. The van der Waals surface area contributed by atoms with Crippen molar-refractivity contribution >= 4 is 6.01 Å². The highest BCUT2D eigenvalue weighted by Crippen LogP contribution is 1.97. The molecule has 0 fully saturated rings. The molecule has 4 nitrogen and oxygen atoms in total. The first-order chi connectivity index (χ1) is 5.72. The summed E-state index contributed by atoms with van der Waals surface area (Å²) in [6.45, 7) is 4.87. The summed E-state index contributed by atoms with van der Waals surface area (Å²) < 4.78 is 0. The minimum Gasteiger partial charge on any atom is -0.301 e. The van der Waals surface area contributed by atoms with Gasteiger partial charge in [-0.15, -0.1) is 5.10 Å². The number of hydrogen-bond donors (Lipinski definition) is 1. The summed E-state index contributed by atoms with van der Waals surface area (Å²) in [4.78, 5) is 6.16. The van der Waals surface area contributed by atoms with Crippen LogP contribution < -0.4 is 5.43 Å². The Balaban J connectivity index is 3.91. The van der Waals surface area contributed by atoms with Gasteiger partial charge >= 0.3 is 0 Å². The minimum absolute atomic E-state index is 0.187. The zero-order valence-electron chi connectivity index (χ0n) is 8.33. The molecule has 0 heterocycles. The van der Waals surface area contributed by atoms with Gasteiger partial charge in [0.2, 0.25) is 0 Å². The second-order valence-electron chi connectivity index (χ2n) is 2.71. The maximum absolute atomic E-state index is 4.13. The summed E-state index contributed by atoms with van der Waals surface area (Å²) in [5.74, 6) is 0. The molecule has 0 amide bonds. The smallest absolute Gasteiger partial charge is 0.116 e. The third kappa shape index (κ3) is 4.88. The van der Waals surface area contributed by atoms with Gasteiger partial charge in [0.15, 0.2) is 0 Å². The topological polar surface area (TPSA) is 40.0 Å². The predicted octanol–water partition coefficient (Wildman–Crippen LogP) is 0.982. The lowest BCUT2D eigenvalue weighted by atomic mass is 10.4. The Kier molecular flexibility index (Phi) is 6.34. The van der Waals surface area contributed by atoms with E-state index in [0.717, 1.165) is 13.0 Å². The van der Waals surface area contributed by atoms with Crippen LogP contribution in [0.2, 0.25) is 0 Å². The molecule has 0 aliphatic rings. The summed E-state index contributed by atoms with van der Waals surface area (Å²) in [5.41, 5.74) is 2.77. The molecule has 0 bridgehead atoms. The normalized spacial score (nSPS) is 12.1. The summed E-state index contributed by atoms with van der Waals surface area (Å²) in [5, 5.41) is 3.77. The van der Waals surface area contributed by atoms with Crippen LogP contribution in [-0.4, -0.2) is 37.7 Å². The lowest BCUT2D eigenvalue weighted by Crippen LogP contribution is -2.24. The second kappa shape index (κ2) is 6.83. The van der Waals surface area contributed by atoms with Gasteiger partial charge < -0.3 is 5.43 Å². The number of aliphatic imine (C=N–C) groups is 1. The quantitative estimate of drug-likeness (QED) is 0.493. The van der Waals surface area contributed by atoms with Crippen molar-refractivity contribution in [3.05, 3.63) is 0 Å². The van der Waals surface area contributed by atoms with Crippen LogP contribution in [0, 0.1) is 0 Å². The van der Waals surface area contributed by atoms with E-state index in [1.54, 1.807) is 0 Å². The van der Waals surface area contributed by atoms with Gasteiger partial charge in [0, 0.05) is 6.54 Å². The number of rotatable bonds is 5. The van der Waals surface area contributed by atoms with Crippen molar-refractivity contribution in [2.45, 2.75) is 26.4 Å². The molecule has 0 saturated heterocycles. The summed E-state index contributed by atoms with van der Waals surface area (Å²) in [6, 6.07) is 2.62. The molecule has 0 aromatic carbocycles. The SMILES string of the molecule is CCNN=C=NC(CC)N(C)C. The molecular formula is C8H18N4. The Hall–Kier alpha value is -0.860. The first-order valence-corrected chi connectivity index (χ1v) is 4.26. The Morgan fingerprint density at radius 1 is 1.42 bits per heavy atom. The highest BCUT2D eigenvalue weighted by Gasteiger charge is 2.03. The third-order valence-corrected chi connectivity index (χ3v) is 1.46. The molecule has 0 aromatic rings. The highest BCUT2D eigenvalue weighted by molar-refractivity contribution is 5.40. The Labute approximate surface area is 74.4 Å². The predicted molar refractivity (Wildman–Crippen MR) is 51.3 cm³/mol. The van der Waals surface area contributed by atoms with E-state index < -0.39 is 0 Å². The van der Waals surface area contributed by atoms with Crippen LogP contribution in [0.15, 0.2) is 10.1 Å². The molecule has 1 N–H and O–H groups in total. The number of nitrogens with one attached hydrogen (secondary N) is 1. The van der Waals surface area contributed by atoms with E-state index >= 15 is 0 Å². The van der Waals surface area contributed by atoms with E-state index in [2.05, 4.69) is 28.5 Å². The van der Waals surface area contributed by atoms with Crippen LogP contribution in [0.3, 0.4) is 0 Å². The molecule has 12 heavy (non-hydrogen) atoms. The molecule has 0 spiro atoms. The van der Waals surface area contributed by atoms with E-state index in [1.165, 1.54) is 0 Å². The van der Waals surface area contributed by atoms with Gasteiger partial charge in [0.1, 0.15) is 12.2 Å². The molecule has 0 aliphatic heterocycles. The van der Waals surface area contributed by atoms with Gasteiger partial charge in [-0.3, -0.25) is 4.90 Å². The van der Waals surface area contributed by atoms with Crippen LogP contribution in [0.25, 0.3) is 0 Å². The molecule has 70 valence electrons. The van der Waals surface area contributed by atoms with E-state index in [9.17, 15) is 0 Å². The van der Waals surface area contributed by atoms with Gasteiger partial charge in [0.05, 0.1) is 0 Å². The number of nitrogens with zero attached hydrogens (tertiary/aromatic N) is 3. The highest BCUT2D eigenvalue weighted by atomic mass is 15.3. The average Bonchev–Trinajstić information content (AvgIpc) is 2.04. The Morgan fingerprint density at radius 2 is 2.08 bits per heavy atom. The molecule has 0 saturated carbocycles. The molecule has 0 aromatic heterocycles. The fraction of sp³-hybridized carbons (Fsp3) is 0.875. The maximum atomic E-state index is 4.13. The maximum Gasteiger partial charge on any atom is 0.116 e. The number of hydrogen-bond acceptors (Lipinski definition) is 4. The lowest BCUT2D eigenvalue weighted by molar-refractivity contribution is 0.296. The molecule has 1 unspecified atom stereocenters. The summed E-state index contributed by atoms with van der Waals surface area (Å²) in [6.07, 6.45) is 1.16. The molecule has 0 aliphatic carbocycles. The van der Waals surface area contributed by atoms with Gasteiger partial charge in [0.25, 0.3) is 0 Å². The standard InChI is InChI=1S/C8H18N4/c1-5-8(12(3)4)9-7-11-10-6-2/h8,10H,5-6H2,1-4H3. The van der Waals surface area contributed by atoms with Crippen molar-refractivity contribution < 1.29 is 0 Å². The van der Waals surface area contributed by atoms with E-state index in [0.29, 0.717) is 0 Å². The average molecular weight is 170 g/mol. The third-order valence-electron chi connectivity index (χ3n) is 1.46. The lowest BCUT2D eigenvalue weighted by Gasteiger charge is -2.15. The van der Waals surface area contributed by atoms with Crippen molar-refractivity contribution in [2.24, 2.45) is 10.1 Å². The minimum atomic E-state index is 0.187. The molecule has 0 radical (unpaired) electrons. The van der Waals surface area contributed by atoms with Crippen molar-refractivity contribution in [3.8, 4) is 0 Å². The first-order valence-electron chi connectivity index (χ1n) is 4.26. The summed E-state index contributed by atoms with van der Waals surface area (Å²) >= 11 is 0. The van der Waals surface area contributed by atoms with Gasteiger partial charge in [-0.2, -0.15) is 0 Å². The number of hydrazone groups is 1. The first kappa shape index (κ1) is 11.1. The van der Waals surface area contributed by atoms with Gasteiger partial charge in [-0.05, 0) is 27.4 Å². The van der Waals surface area contributed by atoms with Crippen LogP contribution in [0.5, 0.6) is 0 Å². The Bertz CT molecular complexity index is 158. The zero-order chi connectivity index (χ0) is 9.40. The largest absolute Gasteiger partial charge is 0.301 e. The molecule has 4 heteroatoms. The second-order valence-corrected chi connectivity index (χ2v) is 2.71. The zero-order valence-corrected chi connectivity index (χ0v) is 8.33. The molecular weight excluding hydrogens is 152 g/mol. The summed E-state index contributed by atoms with van der Waals surface area (Å²) in [7, 11) is 3.99. The van der Waals surface area contributed by atoms with Crippen molar-refractivity contribution in [2.75, 3.05) is 20.6 Å². The van der Waals surface area contributed by atoms with Crippen molar-refractivity contribution in [1.82, 2.24) is 10.3 Å². The van der Waals surface area contributed by atoms with E-state index in [4.69, 9.17) is 0 Å². The van der Waals surface area contributed by atoms with Crippen LogP contribution >= 0.6 is 0 Å². The van der Waals surface area contributed by atoms with Crippen LogP contribution in [0.4, 0.5) is 0 Å². The van der Waals surface area contributed by atoms with Crippen molar-refractivity contribution in [3.63, 3.8) is 0 Å². The van der Waals surface area contributed by atoms with E-state index in [1.807, 2.05) is 25.9 Å². The van der Waals surface area contributed by atoms with Crippen LogP contribution in [0.1, 0.15) is 20.3 Å². The van der Waals surface area contributed by atoms with Gasteiger partial charge in [-0.1, -0.05) is 6.92 Å². The molecule has 0 rings (SSSR count).